The van der Waals surface area contributed by atoms with E-state index in [4.69, 9.17) is 4.74 Å². The van der Waals surface area contributed by atoms with E-state index in [9.17, 15) is 0 Å². The molecular weight excluding hydrogens is 412 g/mol. The third-order valence-corrected chi connectivity index (χ3v) is 8.40. The first-order valence-corrected chi connectivity index (χ1v) is 12.2. The summed E-state index contributed by atoms with van der Waals surface area (Å²) in [7, 11) is 1.82. The van der Waals surface area contributed by atoms with Crippen LogP contribution in [0.4, 0.5) is 0 Å². The molecule has 1 heteroatoms. The quantitative estimate of drug-likeness (QED) is 0.296. The van der Waals surface area contributed by atoms with Crippen LogP contribution in [0.5, 0.6) is 0 Å². The largest absolute Gasteiger partial charge is 0.385 e. The molecule has 0 heterocycles. The summed E-state index contributed by atoms with van der Waals surface area (Å²) in [6.07, 6.45) is 5.73. The summed E-state index contributed by atoms with van der Waals surface area (Å²) in [6.45, 7) is 3.20. The van der Waals surface area contributed by atoms with Crippen LogP contribution in [-0.4, -0.2) is 13.7 Å². The number of allylic oxidation sites excluding steroid dienone is 1. The molecule has 0 radical (unpaired) electrons. The maximum atomic E-state index is 5.74. The number of methoxy groups -OCH3 is 1. The van der Waals surface area contributed by atoms with E-state index < -0.39 is 0 Å². The van der Waals surface area contributed by atoms with Gasteiger partial charge in [0, 0.05) is 30.5 Å². The van der Waals surface area contributed by atoms with Crippen LogP contribution in [0, 0.1) is 0 Å². The van der Waals surface area contributed by atoms with Gasteiger partial charge in [0.25, 0.3) is 0 Å². The van der Waals surface area contributed by atoms with Crippen molar-refractivity contribution >= 4 is 6.08 Å². The molecule has 168 valence electrons. The van der Waals surface area contributed by atoms with Crippen LogP contribution in [0.25, 0.3) is 17.2 Å². The third kappa shape index (κ3) is 2.83. The fourth-order valence-corrected chi connectivity index (χ4v) is 6.81. The summed E-state index contributed by atoms with van der Waals surface area (Å²) >= 11 is 0. The van der Waals surface area contributed by atoms with Gasteiger partial charge in [-0.15, -0.1) is 0 Å². The Labute approximate surface area is 202 Å². The Morgan fingerprint density at radius 2 is 1.32 bits per heavy atom. The average Bonchev–Trinajstić information content (AvgIpc) is 3.45. The predicted octanol–water partition coefficient (Wildman–Crippen LogP) is 7.76. The van der Waals surface area contributed by atoms with Gasteiger partial charge in [0.2, 0.25) is 0 Å². The first-order valence-electron chi connectivity index (χ1n) is 12.2. The second kappa shape index (κ2) is 8.11. The fraction of sp³-hybridized carbons (Fsp3) is 0.212. The molecule has 2 aliphatic rings. The summed E-state index contributed by atoms with van der Waals surface area (Å²) in [6, 6.07) is 38.1. The SMILES string of the molecule is COCCC1(C(C)(c2ccccc2)C2c3ccccc3-c3ccccc32)C=Cc2ccccc21. The highest BCUT2D eigenvalue weighted by atomic mass is 16.5. The molecule has 0 N–H and O–H groups in total. The van der Waals surface area contributed by atoms with Gasteiger partial charge in [0.05, 0.1) is 0 Å². The molecule has 0 saturated heterocycles. The zero-order valence-corrected chi connectivity index (χ0v) is 19.9. The lowest BCUT2D eigenvalue weighted by Gasteiger charge is -2.51. The molecule has 0 fully saturated rings. The van der Waals surface area contributed by atoms with Gasteiger partial charge >= 0.3 is 0 Å². The first kappa shape index (κ1) is 21.1. The summed E-state index contributed by atoms with van der Waals surface area (Å²) < 4.78 is 5.74. The van der Waals surface area contributed by atoms with Crippen molar-refractivity contribution in [1.82, 2.24) is 0 Å². The molecule has 2 atom stereocenters. The van der Waals surface area contributed by atoms with Crippen molar-refractivity contribution in [3.8, 4) is 11.1 Å². The van der Waals surface area contributed by atoms with Crippen LogP contribution in [0.2, 0.25) is 0 Å². The van der Waals surface area contributed by atoms with E-state index in [0.29, 0.717) is 6.61 Å². The molecule has 6 rings (SSSR count). The van der Waals surface area contributed by atoms with Crippen LogP contribution in [0.15, 0.2) is 109 Å². The Morgan fingerprint density at radius 1 is 0.735 bits per heavy atom. The van der Waals surface area contributed by atoms with Gasteiger partial charge in [0.15, 0.2) is 0 Å². The molecular formula is C33H30O. The average molecular weight is 443 g/mol. The number of fused-ring (bicyclic) bond motifs is 4. The van der Waals surface area contributed by atoms with Crippen molar-refractivity contribution in [2.45, 2.75) is 30.1 Å². The van der Waals surface area contributed by atoms with E-state index in [1.54, 1.807) is 0 Å². The number of rotatable bonds is 6. The smallest absolute Gasteiger partial charge is 0.0474 e. The highest BCUT2D eigenvalue weighted by molar-refractivity contribution is 5.81. The van der Waals surface area contributed by atoms with E-state index in [1.165, 1.54) is 38.9 Å². The van der Waals surface area contributed by atoms with E-state index in [-0.39, 0.29) is 16.7 Å². The Kier molecular flexibility index (Phi) is 5.04. The molecule has 0 amide bonds. The van der Waals surface area contributed by atoms with Crippen LogP contribution < -0.4 is 0 Å². The Morgan fingerprint density at radius 3 is 2.00 bits per heavy atom. The lowest BCUT2D eigenvalue weighted by Crippen LogP contribution is -2.50. The highest BCUT2D eigenvalue weighted by Crippen LogP contribution is 2.63. The summed E-state index contributed by atoms with van der Waals surface area (Å²) in [5.74, 6) is 0.218. The van der Waals surface area contributed by atoms with Gasteiger partial charge in [-0.3, -0.25) is 0 Å². The minimum Gasteiger partial charge on any atom is -0.385 e. The molecule has 0 spiro atoms. The molecule has 34 heavy (non-hydrogen) atoms. The minimum atomic E-state index is -0.237. The summed E-state index contributed by atoms with van der Waals surface area (Å²) in [5.41, 5.74) is 9.21. The predicted molar refractivity (Wildman–Crippen MR) is 141 cm³/mol. The molecule has 0 bridgehead atoms. The number of hydrogen-bond donors (Lipinski definition) is 0. The Balaban J connectivity index is 1.70. The Hall–Kier alpha value is -3.42. The maximum Gasteiger partial charge on any atom is 0.0474 e. The van der Waals surface area contributed by atoms with E-state index in [1.807, 2.05) is 7.11 Å². The van der Waals surface area contributed by atoms with Crippen LogP contribution in [-0.2, 0) is 15.6 Å². The molecule has 2 aliphatic carbocycles. The van der Waals surface area contributed by atoms with Gasteiger partial charge in [-0.1, -0.05) is 122 Å². The molecule has 2 unspecified atom stereocenters. The van der Waals surface area contributed by atoms with Crippen molar-refractivity contribution in [3.05, 3.63) is 137 Å². The zero-order valence-electron chi connectivity index (χ0n) is 19.9. The molecule has 0 saturated carbocycles. The molecule has 4 aromatic rings. The van der Waals surface area contributed by atoms with Crippen molar-refractivity contribution in [2.24, 2.45) is 0 Å². The topological polar surface area (TPSA) is 9.23 Å². The van der Waals surface area contributed by atoms with Crippen molar-refractivity contribution in [2.75, 3.05) is 13.7 Å². The zero-order chi connectivity index (χ0) is 23.2. The summed E-state index contributed by atoms with van der Waals surface area (Å²) in [4.78, 5) is 0. The van der Waals surface area contributed by atoms with E-state index in [0.717, 1.165) is 6.42 Å². The first-order chi connectivity index (χ1) is 16.7. The molecule has 4 aromatic carbocycles. The number of hydrogen-bond acceptors (Lipinski definition) is 1. The van der Waals surface area contributed by atoms with E-state index >= 15 is 0 Å². The van der Waals surface area contributed by atoms with Gasteiger partial charge < -0.3 is 4.74 Å². The van der Waals surface area contributed by atoms with Crippen LogP contribution in [0.1, 0.15) is 47.1 Å². The lowest BCUT2D eigenvalue weighted by molar-refractivity contribution is 0.145. The van der Waals surface area contributed by atoms with Gasteiger partial charge in [0.1, 0.15) is 0 Å². The number of ether oxygens (including phenoxy) is 1. The molecule has 1 nitrogen and oxygen atoms in total. The van der Waals surface area contributed by atoms with Crippen molar-refractivity contribution < 1.29 is 4.74 Å². The Bertz CT molecular complexity index is 1320. The van der Waals surface area contributed by atoms with E-state index in [2.05, 4.69) is 122 Å². The molecule has 0 aliphatic heterocycles. The number of benzene rings is 4. The van der Waals surface area contributed by atoms with Crippen molar-refractivity contribution in [3.63, 3.8) is 0 Å². The maximum absolute atomic E-state index is 5.74. The summed E-state index contributed by atoms with van der Waals surface area (Å²) in [5, 5.41) is 0. The highest BCUT2D eigenvalue weighted by Gasteiger charge is 2.57. The van der Waals surface area contributed by atoms with Crippen molar-refractivity contribution in [1.29, 1.82) is 0 Å². The standard InChI is InChI=1S/C33H30O/c1-32(25-13-4-3-5-14-25,33(22-23-34-2)21-20-24-12-6-11-19-30(24)33)31-28-17-9-7-15-26(28)27-16-8-10-18-29(27)31/h3-21,31H,22-23H2,1-2H3. The van der Waals surface area contributed by atoms with Crippen LogP contribution in [0.3, 0.4) is 0 Å². The van der Waals surface area contributed by atoms with Gasteiger partial charge in [-0.2, -0.15) is 0 Å². The second-order valence-corrected chi connectivity index (χ2v) is 9.81. The second-order valence-electron chi connectivity index (χ2n) is 9.81. The fourth-order valence-electron chi connectivity index (χ4n) is 6.81. The minimum absolute atomic E-state index is 0.212. The van der Waals surface area contributed by atoms with Gasteiger partial charge in [-0.05, 0) is 45.4 Å². The molecule has 0 aromatic heterocycles. The lowest BCUT2D eigenvalue weighted by atomic mass is 9.51. The third-order valence-electron chi connectivity index (χ3n) is 8.40. The van der Waals surface area contributed by atoms with Gasteiger partial charge in [-0.25, -0.2) is 0 Å². The monoisotopic (exact) mass is 442 g/mol. The normalized spacial score (nSPS) is 19.9. The van der Waals surface area contributed by atoms with Crippen LogP contribution >= 0.6 is 0 Å².